The molecule has 24 heavy (non-hydrogen) atoms. The first-order valence-electron chi connectivity index (χ1n) is 7.05. The fourth-order valence-corrected chi connectivity index (χ4v) is 2.13. The lowest BCUT2D eigenvalue weighted by molar-refractivity contribution is 0.0449. The molecule has 0 aliphatic rings. The fraction of sp³-hybridized carbons (Fsp3) is 0.176. The molecule has 126 valence electrons. The summed E-state index contributed by atoms with van der Waals surface area (Å²) in [7, 11) is 1.50. The van der Waals surface area contributed by atoms with Gasteiger partial charge in [0.05, 0.1) is 18.9 Å². The van der Waals surface area contributed by atoms with Crippen LogP contribution in [0.5, 0.6) is 11.5 Å². The molecule has 0 aromatic heterocycles. The van der Waals surface area contributed by atoms with E-state index in [1.54, 1.807) is 36.4 Å². The Kier molecular flexibility index (Phi) is 6.45. The van der Waals surface area contributed by atoms with Gasteiger partial charge in [-0.15, -0.1) is 0 Å². The van der Waals surface area contributed by atoms with Crippen LogP contribution >= 0.6 is 11.6 Å². The molecule has 6 nitrogen and oxygen atoms in total. The Morgan fingerprint density at radius 1 is 1.21 bits per heavy atom. The minimum absolute atomic E-state index is 0.0777. The maximum atomic E-state index is 11.8. The SMILES string of the molecule is COc1cc(/C=N/O)ccc1OCCOC(=O)c1cccc(Cl)c1. The first kappa shape index (κ1) is 17.6. The van der Waals surface area contributed by atoms with Crippen molar-refractivity contribution in [2.45, 2.75) is 0 Å². The Labute approximate surface area is 144 Å². The third kappa shape index (κ3) is 4.89. The quantitative estimate of drug-likeness (QED) is 0.272. The molecule has 7 heteroatoms. The van der Waals surface area contributed by atoms with Gasteiger partial charge in [0.2, 0.25) is 0 Å². The molecule has 0 unspecified atom stereocenters. The van der Waals surface area contributed by atoms with E-state index >= 15 is 0 Å². The summed E-state index contributed by atoms with van der Waals surface area (Å²) < 4.78 is 15.9. The zero-order valence-corrected chi connectivity index (χ0v) is 13.7. The number of benzene rings is 2. The highest BCUT2D eigenvalue weighted by Gasteiger charge is 2.09. The second kappa shape index (κ2) is 8.79. The minimum Gasteiger partial charge on any atom is -0.493 e. The molecule has 2 aromatic carbocycles. The lowest BCUT2D eigenvalue weighted by Gasteiger charge is -2.11. The van der Waals surface area contributed by atoms with Crippen molar-refractivity contribution in [3.05, 3.63) is 58.6 Å². The number of nitrogens with zero attached hydrogens (tertiary/aromatic N) is 1. The highest BCUT2D eigenvalue weighted by molar-refractivity contribution is 6.30. The van der Waals surface area contributed by atoms with E-state index in [1.807, 2.05) is 0 Å². The monoisotopic (exact) mass is 349 g/mol. The molecule has 0 spiro atoms. The van der Waals surface area contributed by atoms with Gasteiger partial charge in [0.25, 0.3) is 0 Å². The molecule has 0 atom stereocenters. The van der Waals surface area contributed by atoms with Gasteiger partial charge in [-0.2, -0.15) is 0 Å². The maximum Gasteiger partial charge on any atom is 0.338 e. The largest absolute Gasteiger partial charge is 0.493 e. The lowest BCUT2D eigenvalue weighted by atomic mass is 10.2. The van der Waals surface area contributed by atoms with Crippen molar-refractivity contribution < 1.29 is 24.2 Å². The van der Waals surface area contributed by atoms with Crippen LogP contribution in [0.25, 0.3) is 0 Å². The predicted molar refractivity (Wildman–Crippen MR) is 89.6 cm³/mol. The van der Waals surface area contributed by atoms with Crippen LogP contribution in [0.4, 0.5) is 0 Å². The van der Waals surface area contributed by atoms with Gasteiger partial charge in [-0.1, -0.05) is 22.8 Å². The van der Waals surface area contributed by atoms with Gasteiger partial charge < -0.3 is 19.4 Å². The minimum atomic E-state index is -0.470. The first-order valence-corrected chi connectivity index (χ1v) is 7.43. The van der Waals surface area contributed by atoms with E-state index in [0.29, 0.717) is 27.6 Å². The van der Waals surface area contributed by atoms with Crippen molar-refractivity contribution in [3.63, 3.8) is 0 Å². The van der Waals surface area contributed by atoms with Crippen molar-refractivity contribution >= 4 is 23.8 Å². The number of halogens is 1. The van der Waals surface area contributed by atoms with Crippen molar-refractivity contribution in [1.82, 2.24) is 0 Å². The average Bonchev–Trinajstić information content (AvgIpc) is 2.59. The molecule has 0 bridgehead atoms. The summed E-state index contributed by atoms with van der Waals surface area (Å²) in [6, 6.07) is 11.6. The molecule has 0 aliphatic heterocycles. The van der Waals surface area contributed by atoms with Crippen LogP contribution in [0.15, 0.2) is 47.6 Å². The number of carbonyl (C=O) groups is 1. The Morgan fingerprint density at radius 3 is 2.75 bits per heavy atom. The number of ether oxygens (including phenoxy) is 3. The van der Waals surface area contributed by atoms with E-state index in [2.05, 4.69) is 5.16 Å². The van der Waals surface area contributed by atoms with Crippen LogP contribution in [0.2, 0.25) is 5.02 Å². The van der Waals surface area contributed by atoms with Crippen molar-refractivity contribution in [2.24, 2.45) is 5.16 Å². The summed E-state index contributed by atoms with van der Waals surface area (Å²) in [6.45, 7) is 0.241. The van der Waals surface area contributed by atoms with E-state index in [4.69, 9.17) is 31.0 Å². The number of oxime groups is 1. The number of hydrogen-bond donors (Lipinski definition) is 1. The standard InChI is InChI=1S/C17H16ClNO5/c1-22-16-9-12(11-19-21)5-6-15(16)23-7-8-24-17(20)13-3-2-4-14(18)10-13/h2-6,9-11,21H,7-8H2,1H3/b19-11+. The van der Waals surface area contributed by atoms with E-state index in [-0.39, 0.29) is 13.2 Å². The Morgan fingerprint density at radius 2 is 2.04 bits per heavy atom. The van der Waals surface area contributed by atoms with Crippen molar-refractivity contribution in [2.75, 3.05) is 20.3 Å². The molecule has 2 aromatic rings. The Hall–Kier alpha value is -2.73. The molecule has 0 saturated heterocycles. The fourth-order valence-electron chi connectivity index (χ4n) is 1.94. The molecular weight excluding hydrogens is 334 g/mol. The summed E-state index contributed by atoms with van der Waals surface area (Å²) in [4.78, 5) is 11.8. The van der Waals surface area contributed by atoms with Gasteiger partial charge >= 0.3 is 5.97 Å². The van der Waals surface area contributed by atoms with Gasteiger partial charge in [-0.3, -0.25) is 0 Å². The molecule has 0 aliphatic carbocycles. The van der Waals surface area contributed by atoms with Crippen LogP contribution in [0.1, 0.15) is 15.9 Å². The topological polar surface area (TPSA) is 77.3 Å². The molecule has 0 fully saturated rings. The summed E-state index contributed by atoms with van der Waals surface area (Å²) in [6.07, 6.45) is 1.28. The summed E-state index contributed by atoms with van der Waals surface area (Å²) >= 11 is 5.83. The summed E-state index contributed by atoms with van der Waals surface area (Å²) in [5.41, 5.74) is 1.04. The molecule has 0 heterocycles. The van der Waals surface area contributed by atoms with Crippen LogP contribution in [-0.4, -0.2) is 37.7 Å². The molecule has 0 saturated carbocycles. The summed E-state index contributed by atoms with van der Waals surface area (Å²) in [5.74, 6) is 0.502. The second-order valence-electron chi connectivity index (χ2n) is 4.65. The van der Waals surface area contributed by atoms with Gasteiger partial charge in [-0.25, -0.2) is 4.79 Å². The highest BCUT2D eigenvalue weighted by atomic mass is 35.5. The summed E-state index contributed by atoms with van der Waals surface area (Å²) in [5, 5.41) is 12.0. The molecule has 2 rings (SSSR count). The number of carbonyl (C=O) groups excluding carboxylic acids is 1. The average molecular weight is 350 g/mol. The number of hydrogen-bond acceptors (Lipinski definition) is 6. The zero-order valence-electron chi connectivity index (χ0n) is 12.9. The number of rotatable bonds is 7. The van der Waals surface area contributed by atoms with Crippen LogP contribution in [0.3, 0.4) is 0 Å². The van der Waals surface area contributed by atoms with Crippen molar-refractivity contribution in [1.29, 1.82) is 0 Å². The van der Waals surface area contributed by atoms with Gasteiger partial charge in [0, 0.05) is 10.6 Å². The highest BCUT2D eigenvalue weighted by Crippen LogP contribution is 2.27. The second-order valence-corrected chi connectivity index (χ2v) is 5.09. The smallest absolute Gasteiger partial charge is 0.338 e. The Balaban J connectivity index is 1.87. The third-order valence-corrected chi connectivity index (χ3v) is 3.26. The van der Waals surface area contributed by atoms with Gasteiger partial charge in [-0.05, 0) is 36.4 Å². The molecule has 1 N–H and O–H groups in total. The Bertz CT molecular complexity index is 733. The van der Waals surface area contributed by atoms with Crippen molar-refractivity contribution in [3.8, 4) is 11.5 Å². The molecular formula is C17H16ClNO5. The van der Waals surface area contributed by atoms with E-state index < -0.39 is 5.97 Å². The molecule has 0 radical (unpaired) electrons. The predicted octanol–water partition coefficient (Wildman–Crippen LogP) is 3.39. The van der Waals surface area contributed by atoms with Crippen LogP contribution in [0, 0.1) is 0 Å². The van der Waals surface area contributed by atoms with Gasteiger partial charge in [0.15, 0.2) is 11.5 Å². The van der Waals surface area contributed by atoms with Gasteiger partial charge in [0.1, 0.15) is 13.2 Å². The third-order valence-electron chi connectivity index (χ3n) is 3.03. The normalized spacial score (nSPS) is 10.6. The lowest BCUT2D eigenvalue weighted by Crippen LogP contribution is -2.12. The number of methoxy groups -OCH3 is 1. The zero-order chi connectivity index (χ0) is 17.4. The maximum absolute atomic E-state index is 11.8. The van der Waals surface area contributed by atoms with E-state index in [1.165, 1.54) is 19.4 Å². The number of esters is 1. The van der Waals surface area contributed by atoms with Crippen LogP contribution < -0.4 is 9.47 Å². The van der Waals surface area contributed by atoms with Crippen LogP contribution in [-0.2, 0) is 4.74 Å². The van der Waals surface area contributed by atoms with E-state index in [9.17, 15) is 4.79 Å². The molecule has 0 amide bonds. The first-order chi connectivity index (χ1) is 11.6. The van der Waals surface area contributed by atoms with E-state index in [0.717, 1.165) is 0 Å².